The standard InChI is InChI=1S/C15H12N4O6S/c1-2-7-17-10-4-3-9(18(21)22)8-12(10)26-15(17)16-14(20)11-5-6-13(25-11)19(23)24/h3-6,8H,2,7H2,1H3. The molecule has 0 saturated carbocycles. The number of nitro groups is 2. The molecule has 0 spiro atoms. The number of carbonyl (C=O) groups is 1. The predicted molar refractivity (Wildman–Crippen MR) is 92.0 cm³/mol. The molecule has 0 N–H and O–H groups in total. The van der Waals surface area contributed by atoms with Crippen molar-refractivity contribution < 1.29 is 19.1 Å². The third kappa shape index (κ3) is 3.24. The Morgan fingerprint density at radius 1 is 1.23 bits per heavy atom. The topological polar surface area (TPSA) is 134 Å². The minimum Gasteiger partial charge on any atom is -0.395 e. The van der Waals surface area contributed by atoms with Crippen molar-refractivity contribution in [1.82, 2.24) is 4.57 Å². The summed E-state index contributed by atoms with van der Waals surface area (Å²) >= 11 is 1.13. The Kier molecular flexibility index (Phi) is 4.63. The zero-order chi connectivity index (χ0) is 18.8. The molecule has 2 aromatic heterocycles. The van der Waals surface area contributed by atoms with Gasteiger partial charge in [-0.25, -0.2) is 0 Å². The largest absolute Gasteiger partial charge is 0.433 e. The molecule has 0 radical (unpaired) electrons. The Morgan fingerprint density at radius 3 is 2.62 bits per heavy atom. The molecule has 0 unspecified atom stereocenters. The van der Waals surface area contributed by atoms with Crippen molar-refractivity contribution in [2.75, 3.05) is 0 Å². The fourth-order valence-corrected chi connectivity index (χ4v) is 3.47. The van der Waals surface area contributed by atoms with Gasteiger partial charge in [0.2, 0.25) is 5.76 Å². The highest BCUT2D eigenvalue weighted by Gasteiger charge is 2.18. The number of non-ortho nitro benzene ring substituents is 1. The first-order valence-electron chi connectivity index (χ1n) is 7.51. The van der Waals surface area contributed by atoms with E-state index < -0.39 is 21.6 Å². The van der Waals surface area contributed by atoms with E-state index in [9.17, 15) is 25.0 Å². The van der Waals surface area contributed by atoms with Gasteiger partial charge >= 0.3 is 11.8 Å². The SMILES string of the molecule is CCCn1c(=NC(=O)c2ccc([N+](=O)[O-])o2)sc2cc([N+](=O)[O-])ccc21. The molecule has 0 aliphatic heterocycles. The molecule has 26 heavy (non-hydrogen) atoms. The minimum atomic E-state index is -0.760. The van der Waals surface area contributed by atoms with Gasteiger partial charge in [0.25, 0.3) is 5.69 Å². The van der Waals surface area contributed by atoms with E-state index >= 15 is 0 Å². The Morgan fingerprint density at radius 2 is 2.00 bits per heavy atom. The van der Waals surface area contributed by atoms with Crippen LogP contribution in [0.5, 0.6) is 0 Å². The Balaban J connectivity index is 2.10. The quantitative estimate of drug-likeness (QED) is 0.495. The average Bonchev–Trinajstić information content (AvgIpc) is 3.20. The van der Waals surface area contributed by atoms with E-state index in [2.05, 4.69) is 4.99 Å². The lowest BCUT2D eigenvalue weighted by atomic mass is 10.3. The zero-order valence-corrected chi connectivity index (χ0v) is 14.3. The molecular formula is C15H12N4O6S. The molecule has 1 amide bonds. The molecular weight excluding hydrogens is 364 g/mol. The van der Waals surface area contributed by atoms with Crippen LogP contribution in [0.1, 0.15) is 23.9 Å². The second kappa shape index (κ2) is 6.88. The summed E-state index contributed by atoms with van der Waals surface area (Å²) in [7, 11) is 0. The molecule has 134 valence electrons. The summed E-state index contributed by atoms with van der Waals surface area (Å²) in [5.74, 6) is -1.55. The van der Waals surface area contributed by atoms with Crippen LogP contribution in [0.3, 0.4) is 0 Å². The second-order valence-electron chi connectivity index (χ2n) is 5.26. The second-order valence-corrected chi connectivity index (χ2v) is 6.27. The number of furan rings is 1. The van der Waals surface area contributed by atoms with Crippen LogP contribution in [0.25, 0.3) is 10.2 Å². The molecule has 11 heteroatoms. The maximum Gasteiger partial charge on any atom is 0.433 e. The van der Waals surface area contributed by atoms with Gasteiger partial charge in [-0.3, -0.25) is 25.0 Å². The Hall–Kier alpha value is -3.34. The van der Waals surface area contributed by atoms with Gasteiger partial charge in [0.1, 0.15) is 4.92 Å². The van der Waals surface area contributed by atoms with Crippen LogP contribution in [0.2, 0.25) is 0 Å². The monoisotopic (exact) mass is 376 g/mol. The number of nitro benzene ring substituents is 1. The van der Waals surface area contributed by atoms with Crippen molar-refractivity contribution in [1.29, 1.82) is 0 Å². The fraction of sp³-hybridized carbons (Fsp3) is 0.200. The molecule has 0 saturated heterocycles. The number of rotatable bonds is 5. The van der Waals surface area contributed by atoms with Crippen molar-refractivity contribution in [3.05, 3.63) is 61.1 Å². The van der Waals surface area contributed by atoms with E-state index in [-0.39, 0.29) is 11.4 Å². The molecule has 0 aliphatic carbocycles. The first-order valence-corrected chi connectivity index (χ1v) is 8.33. The number of aryl methyl sites for hydroxylation is 1. The van der Waals surface area contributed by atoms with E-state index in [1.807, 2.05) is 6.92 Å². The highest BCUT2D eigenvalue weighted by atomic mass is 32.1. The van der Waals surface area contributed by atoms with Crippen LogP contribution in [-0.4, -0.2) is 20.3 Å². The zero-order valence-electron chi connectivity index (χ0n) is 13.4. The van der Waals surface area contributed by atoms with E-state index in [1.165, 1.54) is 18.2 Å². The summed E-state index contributed by atoms with van der Waals surface area (Å²) in [5, 5.41) is 21.6. The van der Waals surface area contributed by atoms with Gasteiger partial charge < -0.3 is 8.98 Å². The molecule has 0 fully saturated rings. The first-order chi connectivity index (χ1) is 12.4. The van der Waals surface area contributed by atoms with E-state index in [4.69, 9.17) is 4.42 Å². The number of hydrogen-bond donors (Lipinski definition) is 0. The maximum atomic E-state index is 12.3. The third-order valence-corrected chi connectivity index (χ3v) is 4.55. The number of thiazole rings is 1. The van der Waals surface area contributed by atoms with Crippen LogP contribution in [0.15, 0.2) is 39.7 Å². The van der Waals surface area contributed by atoms with Crippen molar-refractivity contribution >= 4 is 39.0 Å². The van der Waals surface area contributed by atoms with Crippen LogP contribution < -0.4 is 4.80 Å². The van der Waals surface area contributed by atoms with Gasteiger partial charge in [-0.2, -0.15) is 4.99 Å². The number of nitrogens with zero attached hydrogens (tertiary/aromatic N) is 4. The predicted octanol–water partition coefficient (Wildman–Crippen LogP) is 3.26. The molecule has 2 heterocycles. The van der Waals surface area contributed by atoms with Gasteiger partial charge in [0.15, 0.2) is 4.80 Å². The molecule has 0 aliphatic rings. The number of aromatic nitrogens is 1. The number of carbonyl (C=O) groups excluding carboxylic acids is 1. The van der Waals surface area contributed by atoms with Gasteiger partial charge in [0.05, 0.1) is 21.2 Å². The number of fused-ring (bicyclic) bond motifs is 1. The number of hydrogen-bond acceptors (Lipinski definition) is 7. The lowest BCUT2D eigenvalue weighted by Crippen LogP contribution is -2.16. The summed E-state index contributed by atoms with van der Waals surface area (Å²) in [6, 6.07) is 6.69. The highest BCUT2D eigenvalue weighted by Crippen LogP contribution is 2.24. The molecule has 3 rings (SSSR count). The molecule has 1 aromatic carbocycles. The van der Waals surface area contributed by atoms with Gasteiger partial charge in [-0.15, -0.1) is 0 Å². The van der Waals surface area contributed by atoms with E-state index in [1.54, 1.807) is 10.6 Å². The maximum absolute atomic E-state index is 12.3. The molecule has 0 atom stereocenters. The molecule has 0 bridgehead atoms. The fourth-order valence-electron chi connectivity index (χ4n) is 2.38. The normalized spacial score (nSPS) is 11.8. The summed E-state index contributed by atoms with van der Waals surface area (Å²) in [4.78, 5) is 36.9. The number of benzene rings is 1. The van der Waals surface area contributed by atoms with Gasteiger partial charge in [-0.1, -0.05) is 18.3 Å². The highest BCUT2D eigenvalue weighted by molar-refractivity contribution is 7.16. The van der Waals surface area contributed by atoms with E-state index in [0.29, 0.717) is 16.0 Å². The van der Waals surface area contributed by atoms with Crippen LogP contribution in [-0.2, 0) is 6.54 Å². The van der Waals surface area contributed by atoms with Crippen molar-refractivity contribution in [3.63, 3.8) is 0 Å². The van der Waals surface area contributed by atoms with E-state index in [0.717, 1.165) is 29.3 Å². The van der Waals surface area contributed by atoms with Crippen LogP contribution in [0, 0.1) is 20.2 Å². The Labute approximate surface area is 149 Å². The summed E-state index contributed by atoms with van der Waals surface area (Å²) in [6.07, 6.45) is 0.760. The summed E-state index contributed by atoms with van der Waals surface area (Å²) in [5.41, 5.74) is 0.668. The van der Waals surface area contributed by atoms with Crippen LogP contribution in [0.4, 0.5) is 11.6 Å². The first kappa shape index (κ1) is 17.5. The van der Waals surface area contributed by atoms with Crippen LogP contribution >= 0.6 is 11.3 Å². The van der Waals surface area contributed by atoms with Gasteiger partial charge in [0, 0.05) is 18.7 Å². The molecule has 10 nitrogen and oxygen atoms in total. The summed E-state index contributed by atoms with van der Waals surface area (Å²) in [6.45, 7) is 2.51. The van der Waals surface area contributed by atoms with Crippen molar-refractivity contribution in [2.24, 2.45) is 4.99 Å². The number of amides is 1. The minimum absolute atomic E-state index is 0.0538. The Bertz CT molecular complexity index is 1090. The lowest BCUT2D eigenvalue weighted by Gasteiger charge is -2.02. The summed E-state index contributed by atoms with van der Waals surface area (Å²) < 4.78 is 7.26. The average molecular weight is 376 g/mol. The van der Waals surface area contributed by atoms with Crippen molar-refractivity contribution in [2.45, 2.75) is 19.9 Å². The smallest absolute Gasteiger partial charge is 0.395 e. The lowest BCUT2D eigenvalue weighted by molar-refractivity contribution is -0.402. The third-order valence-electron chi connectivity index (χ3n) is 3.50. The van der Waals surface area contributed by atoms with Crippen molar-refractivity contribution in [3.8, 4) is 0 Å². The van der Waals surface area contributed by atoms with Gasteiger partial charge in [-0.05, 0) is 18.6 Å². The molecule has 3 aromatic rings.